The van der Waals surface area contributed by atoms with Crippen LogP contribution in [-0.4, -0.2) is 48.5 Å². The van der Waals surface area contributed by atoms with Crippen molar-refractivity contribution in [1.82, 2.24) is 4.90 Å². The molecule has 146 valence electrons. The van der Waals surface area contributed by atoms with E-state index in [9.17, 15) is 14.4 Å². The van der Waals surface area contributed by atoms with E-state index in [0.29, 0.717) is 25.0 Å². The molecule has 0 unspecified atom stereocenters. The third-order valence-electron chi connectivity index (χ3n) is 6.97. The van der Waals surface area contributed by atoms with Gasteiger partial charge in [-0.2, -0.15) is 0 Å². The lowest BCUT2D eigenvalue weighted by Gasteiger charge is -2.47. The van der Waals surface area contributed by atoms with E-state index >= 15 is 0 Å². The molecule has 2 fully saturated rings. The van der Waals surface area contributed by atoms with Gasteiger partial charge in [-0.25, -0.2) is 4.79 Å². The van der Waals surface area contributed by atoms with Gasteiger partial charge in [-0.3, -0.25) is 9.59 Å². The first-order chi connectivity index (χ1) is 13.5. The molecule has 1 N–H and O–H groups in total. The molecule has 4 aliphatic rings. The van der Waals surface area contributed by atoms with E-state index in [4.69, 9.17) is 9.47 Å². The summed E-state index contributed by atoms with van der Waals surface area (Å²) in [5.74, 6) is -1.34. The first-order valence-electron chi connectivity index (χ1n) is 9.64. The van der Waals surface area contributed by atoms with E-state index in [-0.39, 0.29) is 29.9 Å². The van der Waals surface area contributed by atoms with Gasteiger partial charge in [0.25, 0.3) is 0 Å². The normalized spacial score (nSPS) is 35.5. The van der Waals surface area contributed by atoms with Crippen molar-refractivity contribution in [2.24, 2.45) is 11.8 Å². The number of benzene rings is 1. The number of fused-ring (bicyclic) bond motifs is 5. The van der Waals surface area contributed by atoms with Crippen LogP contribution in [0.3, 0.4) is 0 Å². The van der Waals surface area contributed by atoms with E-state index in [0.717, 1.165) is 11.3 Å². The van der Waals surface area contributed by atoms with Crippen LogP contribution >= 0.6 is 0 Å². The van der Waals surface area contributed by atoms with Gasteiger partial charge in [0.2, 0.25) is 11.8 Å². The Balaban J connectivity index is 1.60. The van der Waals surface area contributed by atoms with Gasteiger partial charge in [-0.15, -0.1) is 0 Å². The van der Waals surface area contributed by atoms with Crippen LogP contribution in [0.25, 0.3) is 0 Å². The van der Waals surface area contributed by atoms with Gasteiger partial charge in [0.15, 0.2) is 0 Å². The van der Waals surface area contributed by atoms with Crippen LogP contribution in [-0.2, 0) is 29.3 Å². The predicted octanol–water partition coefficient (Wildman–Crippen LogP) is 1.59. The molecule has 0 saturated carbocycles. The molecular weight excluding hydrogens is 360 g/mol. The summed E-state index contributed by atoms with van der Waals surface area (Å²) in [6.07, 6.45) is 2.23. The SMILES string of the molecule is COC(=O)C1=CO[C@H](C)[C@H]2C(=O)N3CC[C@]4(C(=O)Nc5ccccc54)[C@H]3C[C@@H]12. The molecule has 7 heteroatoms. The summed E-state index contributed by atoms with van der Waals surface area (Å²) in [4.78, 5) is 40.7. The highest BCUT2D eigenvalue weighted by molar-refractivity contribution is 6.08. The highest BCUT2D eigenvalue weighted by Gasteiger charge is 2.63. The largest absolute Gasteiger partial charge is 0.497 e. The number of hydrogen-bond donors (Lipinski definition) is 1. The minimum atomic E-state index is -0.764. The van der Waals surface area contributed by atoms with Crippen LogP contribution in [0.4, 0.5) is 5.69 Å². The highest BCUT2D eigenvalue weighted by atomic mass is 16.5. The summed E-state index contributed by atoms with van der Waals surface area (Å²) < 4.78 is 10.5. The van der Waals surface area contributed by atoms with Gasteiger partial charge in [0.1, 0.15) is 6.10 Å². The smallest absolute Gasteiger partial charge is 0.337 e. The molecule has 0 radical (unpaired) electrons. The van der Waals surface area contributed by atoms with Gasteiger partial charge in [-0.1, -0.05) is 18.2 Å². The molecule has 1 aromatic carbocycles. The quantitative estimate of drug-likeness (QED) is 0.746. The number of amides is 2. The molecule has 5 atom stereocenters. The molecule has 5 rings (SSSR count). The zero-order valence-corrected chi connectivity index (χ0v) is 15.8. The maximum atomic E-state index is 13.4. The van der Waals surface area contributed by atoms with Crippen molar-refractivity contribution in [3.63, 3.8) is 0 Å². The molecule has 0 aromatic heterocycles. The Morgan fingerprint density at radius 2 is 2.11 bits per heavy atom. The fraction of sp³-hybridized carbons (Fsp3) is 0.476. The second-order valence-electron chi connectivity index (χ2n) is 8.04. The summed E-state index contributed by atoms with van der Waals surface area (Å²) in [6.45, 7) is 2.38. The Labute approximate surface area is 162 Å². The Morgan fingerprint density at radius 3 is 2.89 bits per heavy atom. The summed E-state index contributed by atoms with van der Waals surface area (Å²) in [5.41, 5.74) is 1.38. The van der Waals surface area contributed by atoms with Crippen LogP contribution in [0.1, 0.15) is 25.3 Å². The van der Waals surface area contributed by atoms with Crippen molar-refractivity contribution >= 4 is 23.5 Å². The minimum Gasteiger partial charge on any atom is -0.497 e. The van der Waals surface area contributed by atoms with E-state index < -0.39 is 17.3 Å². The summed E-state index contributed by atoms with van der Waals surface area (Å²) in [7, 11) is 1.32. The molecular formula is C21H22N2O5. The zero-order chi connectivity index (χ0) is 19.6. The molecule has 7 nitrogen and oxygen atoms in total. The Hall–Kier alpha value is -2.83. The fourth-order valence-corrected chi connectivity index (χ4v) is 5.66. The lowest BCUT2D eigenvalue weighted by molar-refractivity contribution is -0.152. The molecule has 2 saturated heterocycles. The minimum absolute atomic E-state index is 0.0442. The fourth-order valence-electron chi connectivity index (χ4n) is 5.66. The van der Waals surface area contributed by atoms with E-state index in [1.165, 1.54) is 13.4 Å². The van der Waals surface area contributed by atoms with Gasteiger partial charge >= 0.3 is 5.97 Å². The van der Waals surface area contributed by atoms with Crippen molar-refractivity contribution in [2.45, 2.75) is 37.3 Å². The number of methoxy groups -OCH3 is 1. The van der Waals surface area contributed by atoms with Crippen LogP contribution in [0.2, 0.25) is 0 Å². The maximum Gasteiger partial charge on any atom is 0.337 e. The molecule has 28 heavy (non-hydrogen) atoms. The first-order valence-corrected chi connectivity index (χ1v) is 9.64. The maximum absolute atomic E-state index is 13.4. The number of hydrogen-bond acceptors (Lipinski definition) is 5. The summed E-state index contributed by atoms with van der Waals surface area (Å²) >= 11 is 0. The standard InChI is InChI=1S/C21H22N2O5/c1-11-17-12(13(10-28-11)19(25)27-2)9-16-21(7-8-23(16)18(17)24)14-5-3-4-6-15(14)22-20(21)26/h3-6,10-12,16-17H,7-9H2,1-2H3,(H,22,26)/t11-,12+,16-,17-,21-/m1/s1. The average Bonchev–Trinajstić information content (AvgIpc) is 3.21. The lowest BCUT2D eigenvalue weighted by atomic mass is 9.66. The zero-order valence-electron chi connectivity index (χ0n) is 15.8. The van der Waals surface area contributed by atoms with E-state index in [1.807, 2.05) is 36.1 Å². The number of carbonyl (C=O) groups is 3. The third kappa shape index (κ3) is 2.02. The van der Waals surface area contributed by atoms with Crippen molar-refractivity contribution in [2.75, 3.05) is 19.0 Å². The molecule has 2 amide bonds. The molecule has 1 spiro atoms. The number of piperidine rings is 1. The van der Waals surface area contributed by atoms with Gasteiger partial charge < -0.3 is 19.7 Å². The van der Waals surface area contributed by atoms with Crippen molar-refractivity contribution in [3.05, 3.63) is 41.7 Å². The first kappa shape index (κ1) is 17.3. The van der Waals surface area contributed by atoms with E-state index in [1.54, 1.807) is 0 Å². The van der Waals surface area contributed by atoms with Crippen LogP contribution < -0.4 is 5.32 Å². The number of nitrogens with one attached hydrogen (secondary N) is 1. The highest BCUT2D eigenvalue weighted by Crippen LogP contribution is 2.54. The Morgan fingerprint density at radius 1 is 1.32 bits per heavy atom. The number of anilines is 1. The van der Waals surface area contributed by atoms with Crippen molar-refractivity contribution < 1.29 is 23.9 Å². The topological polar surface area (TPSA) is 84.9 Å². The van der Waals surface area contributed by atoms with Crippen LogP contribution in [0.15, 0.2) is 36.1 Å². The number of ether oxygens (including phenoxy) is 2. The van der Waals surface area contributed by atoms with Crippen molar-refractivity contribution in [3.8, 4) is 0 Å². The molecule has 1 aromatic rings. The number of rotatable bonds is 1. The van der Waals surface area contributed by atoms with E-state index in [2.05, 4.69) is 5.32 Å². The number of nitrogens with zero attached hydrogens (tertiary/aromatic N) is 1. The van der Waals surface area contributed by atoms with Gasteiger partial charge in [0, 0.05) is 18.2 Å². The number of para-hydroxylation sites is 1. The monoisotopic (exact) mass is 382 g/mol. The molecule has 0 bridgehead atoms. The Bertz CT molecular complexity index is 925. The molecule has 0 aliphatic carbocycles. The van der Waals surface area contributed by atoms with Gasteiger partial charge in [-0.05, 0) is 31.4 Å². The summed E-state index contributed by atoms with van der Waals surface area (Å²) in [5, 5.41) is 3.00. The second kappa shape index (κ2) is 5.83. The lowest BCUT2D eigenvalue weighted by Crippen LogP contribution is -2.59. The Kier molecular flexibility index (Phi) is 3.60. The average molecular weight is 382 g/mol. The van der Waals surface area contributed by atoms with Crippen LogP contribution in [0, 0.1) is 11.8 Å². The second-order valence-corrected chi connectivity index (χ2v) is 8.04. The van der Waals surface area contributed by atoms with Crippen LogP contribution in [0.5, 0.6) is 0 Å². The third-order valence-corrected chi connectivity index (χ3v) is 6.97. The predicted molar refractivity (Wildman–Crippen MR) is 99.1 cm³/mol. The van der Waals surface area contributed by atoms with Gasteiger partial charge in [0.05, 0.1) is 36.3 Å². The van der Waals surface area contributed by atoms with Crippen molar-refractivity contribution in [1.29, 1.82) is 0 Å². The number of carbonyl (C=O) groups excluding carboxylic acids is 3. The molecule has 4 heterocycles. The number of esters is 1. The molecule has 4 aliphatic heterocycles. The summed E-state index contributed by atoms with van der Waals surface area (Å²) in [6, 6.07) is 7.40.